The van der Waals surface area contributed by atoms with E-state index in [1.165, 1.54) is 10.6 Å². The highest BCUT2D eigenvalue weighted by atomic mass is 32.2. The molecule has 1 aliphatic heterocycles. The third-order valence-corrected chi connectivity index (χ3v) is 5.12. The summed E-state index contributed by atoms with van der Waals surface area (Å²) in [5, 5.41) is 4.04. The number of hydrogen-bond donors (Lipinski definition) is 0. The lowest BCUT2D eigenvalue weighted by molar-refractivity contribution is 0.184. The molecule has 0 saturated heterocycles. The summed E-state index contributed by atoms with van der Waals surface area (Å²) < 4.78 is 33.6. The van der Waals surface area contributed by atoms with Crippen LogP contribution in [0.2, 0.25) is 0 Å². The Balaban J connectivity index is 2.00. The fourth-order valence-corrected chi connectivity index (χ4v) is 3.92. The van der Waals surface area contributed by atoms with Crippen molar-refractivity contribution < 1.29 is 13.2 Å². The van der Waals surface area contributed by atoms with E-state index in [0.29, 0.717) is 32.1 Å². The molecule has 0 saturated carbocycles. The van der Waals surface area contributed by atoms with Gasteiger partial charge in [0.1, 0.15) is 6.33 Å². The van der Waals surface area contributed by atoms with Crippen LogP contribution in [0.1, 0.15) is 12.0 Å². The van der Waals surface area contributed by atoms with Gasteiger partial charge in [-0.2, -0.15) is 10.1 Å². The SMILES string of the molecule is COCc1cccc(S(=O)(=O)N2CCCn3ncnc32)c1. The normalized spacial score (nSPS) is 15.0. The molecule has 2 aromatic rings. The molecule has 0 N–H and O–H groups in total. The molecule has 0 aliphatic carbocycles. The standard InChI is InChI=1S/C13H16N4O3S/c1-20-9-11-4-2-5-12(8-11)21(18,19)17-7-3-6-16-13(17)14-10-15-16/h2,4-5,8,10H,3,6-7,9H2,1H3. The highest BCUT2D eigenvalue weighted by Gasteiger charge is 2.31. The summed E-state index contributed by atoms with van der Waals surface area (Å²) in [5.41, 5.74) is 0.817. The van der Waals surface area contributed by atoms with E-state index in [-0.39, 0.29) is 4.90 Å². The molecule has 1 aromatic heterocycles. The minimum absolute atomic E-state index is 0.244. The monoisotopic (exact) mass is 308 g/mol. The number of aromatic nitrogens is 3. The average molecular weight is 308 g/mol. The van der Waals surface area contributed by atoms with Gasteiger partial charge in [0.2, 0.25) is 5.95 Å². The number of benzene rings is 1. The second-order valence-electron chi connectivity index (χ2n) is 4.79. The van der Waals surface area contributed by atoms with Crippen LogP contribution in [-0.4, -0.2) is 36.8 Å². The first-order valence-corrected chi connectivity index (χ1v) is 8.05. The highest BCUT2D eigenvalue weighted by Crippen LogP contribution is 2.25. The zero-order chi connectivity index (χ0) is 14.9. The largest absolute Gasteiger partial charge is 0.380 e. The lowest BCUT2D eigenvalue weighted by Crippen LogP contribution is -2.38. The molecule has 0 fully saturated rings. The van der Waals surface area contributed by atoms with Gasteiger partial charge in [-0.25, -0.2) is 17.4 Å². The molecule has 0 spiro atoms. The van der Waals surface area contributed by atoms with Crippen LogP contribution < -0.4 is 4.31 Å². The van der Waals surface area contributed by atoms with Crippen LogP contribution in [0.4, 0.5) is 5.95 Å². The van der Waals surface area contributed by atoms with E-state index in [1.807, 2.05) is 6.07 Å². The number of aryl methyl sites for hydroxylation is 1. The highest BCUT2D eigenvalue weighted by molar-refractivity contribution is 7.92. The van der Waals surface area contributed by atoms with Crippen molar-refractivity contribution in [2.75, 3.05) is 18.0 Å². The van der Waals surface area contributed by atoms with Crippen LogP contribution in [0, 0.1) is 0 Å². The summed E-state index contributed by atoms with van der Waals surface area (Å²) in [6, 6.07) is 6.77. The van der Waals surface area contributed by atoms with Crippen molar-refractivity contribution in [1.82, 2.24) is 14.8 Å². The van der Waals surface area contributed by atoms with E-state index in [4.69, 9.17) is 4.74 Å². The molecule has 1 aliphatic rings. The van der Waals surface area contributed by atoms with Gasteiger partial charge in [-0.05, 0) is 24.1 Å². The number of hydrogen-bond acceptors (Lipinski definition) is 5. The van der Waals surface area contributed by atoms with Crippen LogP contribution in [0.3, 0.4) is 0 Å². The van der Waals surface area contributed by atoms with Crippen molar-refractivity contribution in [3.63, 3.8) is 0 Å². The molecule has 0 bridgehead atoms. The minimum atomic E-state index is -3.63. The Kier molecular flexibility index (Phi) is 3.64. The molecule has 2 heterocycles. The predicted molar refractivity (Wildman–Crippen MR) is 76.3 cm³/mol. The first-order chi connectivity index (χ1) is 10.1. The number of nitrogens with zero attached hydrogens (tertiary/aromatic N) is 4. The van der Waals surface area contributed by atoms with E-state index < -0.39 is 10.0 Å². The van der Waals surface area contributed by atoms with Gasteiger partial charge in [-0.1, -0.05) is 12.1 Å². The van der Waals surface area contributed by atoms with Gasteiger partial charge in [-0.3, -0.25) is 0 Å². The molecule has 21 heavy (non-hydrogen) atoms. The molecule has 3 rings (SSSR count). The van der Waals surface area contributed by atoms with Gasteiger partial charge in [-0.15, -0.1) is 0 Å². The molecule has 8 heteroatoms. The molecular formula is C13H16N4O3S. The van der Waals surface area contributed by atoms with Crippen LogP contribution in [0.5, 0.6) is 0 Å². The Hall–Kier alpha value is -1.93. The number of anilines is 1. The summed E-state index contributed by atoms with van der Waals surface area (Å²) in [6.45, 7) is 1.47. The van der Waals surface area contributed by atoms with Crippen LogP contribution in [0.15, 0.2) is 35.5 Å². The number of methoxy groups -OCH3 is 1. The number of ether oxygens (including phenoxy) is 1. The van der Waals surface area contributed by atoms with Crippen molar-refractivity contribution in [1.29, 1.82) is 0 Å². The molecule has 7 nitrogen and oxygen atoms in total. The van der Waals surface area contributed by atoms with Gasteiger partial charge >= 0.3 is 0 Å². The van der Waals surface area contributed by atoms with Crippen molar-refractivity contribution in [2.24, 2.45) is 0 Å². The molecular weight excluding hydrogens is 292 g/mol. The van der Waals surface area contributed by atoms with Crippen LogP contribution in [-0.2, 0) is 27.9 Å². The molecule has 0 atom stereocenters. The molecule has 0 radical (unpaired) electrons. The van der Waals surface area contributed by atoms with Crippen molar-refractivity contribution in [2.45, 2.75) is 24.5 Å². The molecule has 0 unspecified atom stereocenters. The lowest BCUT2D eigenvalue weighted by Gasteiger charge is -2.27. The van der Waals surface area contributed by atoms with E-state index in [9.17, 15) is 8.42 Å². The summed E-state index contributed by atoms with van der Waals surface area (Å²) >= 11 is 0. The Morgan fingerprint density at radius 3 is 3.00 bits per heavy atom. The van der Waals surface area contributed by atoms with Crippen LogP contribution >= 0.6 is 0 Å². The number of rotatable bonds is 4. The second-order valence-corrected chi connectivity index (χ2v) is 6.66. The zero-order valence-electron chi connectivity index (χ0n) is 11.6. The third kappa shape index (κ3) is 2.52. The maximum Gasteiger partial charge on any atom is 0.266 e. The average Bonchev–Trinajstić information content (AvgIpc) is 2.96. The molecule has 112 valence electrons. The van der Waals surface area contributed by atoms with Crippen molar-refractivity contribution in [3.8, 4) is 0 Å². The fourth-order valence-electron chi connectivity index (χ4n) is 2.39. The second kappa shape index (κ2) is 5.45. The van der Waals surface area contributed by atoms with Gasteiger partial charge in [0.15, 0.2) is 0 Å². The number of sulfonamides is 1. The summed E-state index contributed by atoms with van der Waals surface area (Å²) in [5.74, 6) is 0.374. The van der Waals surface area contributed by atoms with Gasteiger partial charge in [0.05, 0.1) is 11.5 Å². The smallest absolute Gasteiger partial charge is 0.266 e. The van der Waals surface area contributed by atoms with Crippen molar-refractivity contribution in [3.05, 3.63) is 36.2 Å². The van der Waals surface area contributed by atoms with E-state index in [2.05, 4.69) is 10.1 Å². The number of fused-ring (bicyclic) bond motifs is 1. The first kappa shape index (κ1) is 14.0. The predicted octanol–water partition coefficient (Wildman–Crippen LogP) is 1.02. The molecule has 1 aromatic carbocycles. The van der Waals surface area contributed by atoms with E-state index in [0.717, 1.165) is 5.56 Å². The molecule has 0 amide bonds. The Morgan fingerprint density at radius 2 is 2.19 bits per heavy atom. The zero-order valence-corrected chi connectivity index (χ0v) is 12.5. The topological polar surface area (TPSA) is 77.3 Å². The summed E-state index contributed by atoms with van der Waals surface area (Å²) in [4.78, 5) is 4.31. The quantitative estimate of drug-likeness (QED) is 0.843. The summed E-state index contributed by atoms with van der Waals surface area (Å²) in [7, 11) is -2.05. The van der Waals surface area contributed by atoms with Crippen LogP contribution in [0.25, 0.3) is 0 Å². The van der Waals surface area contributed by atoms with E-state index >= 15 is 0 Å². The first-order valence-electron chi connectivity index (χ1n) is 6.61. The van der Waals surface area contributed by atoms with E-state index in [1.54, 1.807) is 30.0 Å². The van der Waals surface area contributed by atoms with Gasteiger partial charge in [0.25, 0.3) is 10.0 Å². The fraction of sp³-hybridized carbons (Fsp3) is 0.385. The Bertz CT molecular complexity index is 741. The maximum absolute atomic E-state index is 12.8. The Morgan fingerprint density at radius 1 is 1.33 bits per heavy atom. The maximum atomic E-state index is 12.8. The minimum Gasteiger partial charge on any atom is -0.380 e. The lowest BCUT2D eigenvalue weighted by atomic mass is 10.2. The summed E-state index contributed by atoms with van der Waals surface area (Å²) in [6.07, 6.45) is 2.10. The third-order valence-electron chi connectivity index (χ3n) is 3.35. The van der Waals surface area contributed by atoms with Gasteiger partial charge < -0.3 is 4.74 Å². The van der Waals surface area contributed by atoms with Crippen molar-refractivity contribution >= 4 is 16.0 Å². The Labute approximate surface area is 123 Å². The van der Waals surface area contributed by atoms with Gasteiger partial charge in [0, 0.05) is 20.2 Å².